The number of hydrogen-bond acceptors (Lipinski definition) is 7. The van der Waals surface area contributed by atoms with E-state index in [0.29, 0.717) is 13.0 Å². The topological polar surface area (TPSA) is 125 Å². The predicted molar refractivity (Wildman–Crippen MR) is 144 cm³/mol. The van der Waals surface area contributed by atoms with Gasteiger partial charge in [-0.25, -0.2) is 8.42 Å². The van der Waals surface area contributed by atoms with Crippen LogP contribution in [0.3, 0.4) is 0 Å². The van der Waals surface area contributed by atoms with Crippen LogP contribution in [0.4, 0.5) is 0 Å². The molecule has 36 heavy (non-hydrogen) atoms. The summed E-state index contributed by atoms with van der Waals surface area (Å²) in [6.07, 6.45) is -1.86. The second-order valence-corrected chi connectivity index (χ2v) is 11.5. The summed E-state index contributed by atoms with van der Waals surface area (Å²) in [5.74, 6) is 0.153. The van der Waals surface area contributed by atoms with Crippen LogP contribution in [0.1, 0.15) is 37.8 Å². The third-order valence-corrected chi connectivity index (χ3v) is 7.02. The molecule has 2 aromatic rings. The zero-order valence-corrected chi connectivity index (χ0v) is 22.6. The van der Waals surface area contributed by atoms with Crippen molar-refractivity contribution >= 4 is 15.7 Å². The Morgan fingerprint density at radius 1 is 0.972 bits per heavy atom. The first-order valence-corrected chi connectivity index (χ1v) is 14.0. The summed E-state index contributed by atoms with van der Waals surface area (Å²) in [4.78, 5) is 11.9. The first-order chi connectivity index (χ1) is 17.0. The molecular formula is C27H42N2O6S. The Hall–Kier alpha value is -2.46. The lowest BCUT2D eigenvalue weighted by Gasteiger charge is -2.15. The number of nitrogens with one attached hydrogen (secondary N) is 2. The van der Waals surface area contributed by atoms with Crippen LogP contribution in [-0.2, 0) is 21.2 Å². The molecular weight excluding hydrogens is 480 g/mol. The standard InChI is InChI=1S/C20H34N2O6S.C7H8/c1-15(2)7-9-29(26,27)10-8-19(24)20(25)22-14-17(23)13-21-12-16-5-4-6-18(11-16)28-3;1-7-5-3-2-4-6-7/h4-6,11,15,17,19,21,23-24H,7-10,12-14H2,1-3H3,(H,22,25);2-6H,1H3. The zero-order valence-electron chi connectivity index (χ0n) is 21.8. The summed E-state index contributed by atoms with van der Waals surface area (Å²) >= 11 is 0. The van der Waals surface area contributed by atoms with E-state index in [1.807, 2.05) is 56.3 Å². The lowest BCUT2D eigenvalue weighted by Crippen LogP contribution is -2.42. The molecule has 2 atom stereocenters. The van der Waals surface area contributed by atoms with E-state index >= 15 is 0 Å². The van der Waals surface area contributed by atoms with E-state index in [0.717, 1.165) is 11.3 Å². The molecule has 2 unspecified atom stereocenters. The van der Waals surface area contributed by atoms with E-state index in [1.54, 1.807) is 7.11 Å². The van der Waals surface area contributed by atoms with Gasteiger partial charge in [-0.1, -0.05) is 61.9 Å². The average molecular weight is 523 g/mol. The van der Waals surface area contributed by atoms with Crippen molar-refractivity contribution in [3.05, 3.63) is 65.7 Å². The summed E-state index contributed by atoms with van der Waals surface area (Å²) < 4.78 is 29.0. The number of ether oxygens (including phenoxy) is 1. The molecule has 0 spiro atoms. The van der Waals surface area contributed by atoms with Gasteiger partial charge in [0.05, 0.1) is 24.7 Å². The molecule has 0 aromatic heterocycles. The molecule has 1 amide bonds. The molecule has 0 saturated carbocycles. The van der Waals surface area contributed by atoms with Crippen LogP contribution < -0.4 is 15.4 Å². The van der Waals surface area contributed by atoms with Crippen LogP contribution in [-0.4, -0.2) is 68.5 Å². The molecule has 0 aliphatic carbocycles. The fourth-order valence-corrected chi connectivity index (χ4v) is 4.66. The smallest absolute Gasteiger partial charge is 0.248 e. The maximum absolute atomic E-state index is 11.9. The number of aliphatic hydroxyl groups is 2. The summed E-state index contributed by atoms with van der Waals surface area (Å²) in [5, 5.41) is 25.3. The van der Waals surface area contributed by atoms with Crippen molar-refractivity contribution < 1.29 is 28.2 Å². The predicted octanol–water partition coefficient (Wildman–Crippen LogP) is 2.47. The second kappa shape index (κ2) is 17.1. The van der Waals surface area contributed by atoms with Gasteiger partial charge in [0.2, 0.25) is 5.91 Å². The van der Waals surface area contributed by atoms with Gasteiger partial charge >= 0.3 is 0 Å². The molecule has 2 aromatic carbocycles. The van der Waals surface area contributed by atoms with Crippen LogP contribution in [0.2, 0.25) is 0 Å². The monoisotopic (exact) mass is 522 g/mol. The fraction of sp³-hybridized carbons (Fsp3) is 0.519. The van der Waals surface area contributed by atoms with Crippen LogP contribution >= 0.6 is 0 Å². The largest absolute Gasteiger partial charge is 0.497 e. The number of aliphatic hydroxyl groups excluding tert-OH is 2. The quantitative estimate of drug-likeness (QED) is 0.300. The van der Waals surface area contributed by atoms with Crippen LogP contribution in [0, 0.1) is 12.8 Å². The van der Waals surface area contributed by atoms with E-state index < -0.39 is 28.0 Å². The van der Waals surface area contributed by atoms with Crippen molar-refractivity contribution in [2.45, 2.75) is 52.4 Å². The van der Waals surface area contributed by atoms with Crippen molar-refractivity contribution in [3.8, 4) is 5.75 Å². The molecule has 0 heterocycles. The SMILES string of the molecule is COc1cccc(CNCC(O)CNC(=O)C(O)CCS(=O)(=O)CCC(C)C)c1.Cc1ccccc1. The van der Waals surface area contributed by atoms with Crippen LogP contribution in [0.15, 0.2) is 54.6 Å². The van der Waals surface area contributed by atoms with Gasteiger partial charge < -0.3 is 25.6 Å². The van der Waals surface area contributed by atoms with Crippen molar-refractivity contribution in [2.75, 3.05) is 31.7 Å². The number of carbonyl (C=O) groups excluding carboxylic acids is 1. The fourth-order valence-electron chi connectivity index (χ4n) is 3.05. The van der Waals surface area contributed by atoms with Gasteiger partial charge in [-0.3, -0.25) is 4.79 Å². The average Bonchev–Trinajstić information content (AvgIpc) is 2.85. The molecule has 0 aliphatic heterocycles. The number of aryl methyl sites for hydroxylation is 1. The highest BCUT2D eigenvalue weighted by atomic mass is 32.2. The number of benzene rings is 2. The third kappa shape index (κ3) is 14.8. The Morgan fingerprint density at radius 2 is 1.64 bits per heavy atom. The lowest BCUT2D eigenvalue weighted by atomic mass is 10.2. The molecule has 2 rings (SSSR count). The molecule has 0 aliphatic rings. The van der Waals surface area contributed by atoms with Gasteiger partial charge in [-0.05, 0) is 43.4 Å². The van der Waals surface area contributed by atoms with Crippen molar-refractivity contribution in [1.82, 2.24) is 10.6 Å². The molecule has 0 fully saturated rings. The van der Waals surface area contributed by atoms with Gasteiger partial charge in [-0.15, -0.1) is 0 Å². The maximum Gasteiger partial charge on any atom is 0.248 e. The Balaban J connectivity index is 0.000000789. The highest BCUT2D eigenvalue weighted by Gasteiger charge is 2.20. The van der Waals surface area contributed by atoms with E-state index in [1.165, 1.54) is 5.56 Å². The molecule has 9 heteroatoms. The Labute approximate surface area is 216 Å². The number of carbonyl (C=O) groups is 1. The third-order valence-electron chi connectivity index (χ3n) is 5.31. The Kier molecular flexibility index (Phi) is 15.0. The summed E-state index contributed by atoms with van der Waals surface area (Å²) in [6.45, 7) is 6.70. The van der Waals surface area contributed by atoms with Crippen LogP contribution in [0.25, 0.3) is 0 Å². The zero-order chi connectivity index (χ0) is 27.0. The van der Waals surface area contributed by atoms with Gasteiger partial charge in [0.15, 0.2) is 0 Å². The first kappa shape index (κ1) is 31.6. The van der Waals surface area contributed by atoms with Crippen molar-refractivity contribution in [1.29, 1.82) is 0 Å². The minimum Gasteiger partial charge on any atom is -0.497 e. The maximum atomic E-state index is 11.9. The number of amides is 1. The number of methoxy groups -OCH3 is 1. The molecule has 0 bridgehead atoms. The Bertz CT molecular complexity index is 983. The number of rotatable bonds is 14. The van der Waals surface area contributed by atoms with E-state index in [2.05, 4.69) is 29.7 Å². The Morgan fingerprint density at radius 3 is 2.22 bits per heavy atom. The molecule has 8 nitrogen and oxygen atoms in total. The first-order valence-electron chi connectivity index (χ1n) is 12.2. The second-order valence-electron chi connectivity index (χ2n) is 9.17. The highest BCUT2D eigenvalue weighted by molar-refractivity contribution is 7.91. The number of sulfone groups is 1. The van der Waals surface area contributed by atoms with Gasteiger partial charge in [0.1, 0.15) is 21.7 Å². The number of hydrogen-bond donors (Lipinski definition) is 4. The molecule has 0 radical (unpaired) electrons. The molecule has 0 saturated heterocycles. The van der Waals surface area contributed by atoms with E-state index in [4.69, 9.17) is 4.74 Å². The minimum atomic E-state index is -3.29. The summed E-state index contributed by atoms with van der Waals surface area (Å²) in [7, 11) is -1.70. The van der Waals surface area contributed by atoms with Gasteiger partial charge in [0.25, 0.3) is 0 Å². The normalized spacial score (nSPS) is 12.9. The molecule has 202 valence electrons. The minimum absolute atomic E-state index is 0.0406. The summed E-state index contributed by atoms with van der Waals surface area (Å²) in [5.41, 5.74) is 2.32. The lowest BCUT2D eigenvalue weighted by molar-refractivity contribution is -0.129. The summed E-state index contributed by atoms with van der Waals surface area (Å²) in [6, 6.07) is 17.8. The van der Waals surface area contributed by atoms with Crippen molar-refractivity contribution in [2.24, 2.45) is 5.92 Å². The van der Waals surface area contributed by atoms with Crippen molar-refractivity contribution in [3.63, 3.8) is 0 Å². The van der Waals surface area contributed by atoms with Gasteiger partial charge in [-0.2, -0.15) is 0 Å². The highest BCUT2D eigenvalue weighted by Crippen LogP contribution is 2.12. The molecule has 4 N–H and O–H groups in total. The van der Waals surface area contributed by atoms with Gasteiger partial charge in [0, 0.05) is 19.6 Å². The van der Waals surface area contributed by atoms with E-state index in [9.17, 15) is 23.4 Å². The van der Waals surface area contributed by atoms with E-state index in [-0.39, 0.29) is 36.9 Å². The van der Waals surface area contributed by atoms with Crippen LogP contribution in [0.5, 0.6) is 5.75 Å².